The van der Waals surface area contributed by atoms with Crippen molar-refractivity contribution in [3.63, 3.8) is 0 Å². The first-order chi connectivity index (χ1) is 6.89. The maximum Gasteiger partial charge on any atom is 0.224 e. The Morgan fingerprint density at radius 2 is 1.93 bits per heavy atom. The van der Waals surface area contributed by atoms with Gasteiger partial charge in [-0.25, -0.2) is 0 Å². The molecule has 2 unspecified atom stereocenters. The van der Waals surface area contributed by atoms with Gasteiger partial charge < -0.3 is 4.57 Å². The standard InChI is InChI=1S/C10H19Cl2O2P/c1-3-4-5-6-7-15(12,14)8-9(2)10(11)13/h9H,3-8H2,1-2H3. The Kier molecular flexibility index (Phi) is 7.95. The summed E-state index contributed by atoms with van der Waals surface area (Å²) in [6, 6.07) is 0. The van der Waals surface area contributed by atoms with Gasteiger partial charge in [0.2, 0.25) is 5.24 Å². The van der Waals surface area contributed by atoms with Crippen LogP contribution in [0, 0.1) is 5.92 Å². The Hall–Kier alpha value is 0.480. The highest BCUT2D eigenvalue weighted by Gasteiger charge is 2.24. The molecule has 5 heteroatoms. The van der Waals surface area contributed by atoms with Crippen molar-refractivity contribution in [2.75, 3.05) is 12.3 Å². The zero-order valence-corrected chi connectivity index (χ0v) is 11.7. The van der Waals surface area contributed by atoms with Gasteiger partial charge in [-0.2, -0.15) is 0 Å². The molecule has 0 heterocycles. The number of rotatable bonds is 8. The topological polar surface area (TPSA) is 34.1 Å². The lowest BCUT2D eigenvalue weighted by molar-refractivity contribution is -0.114. The summed E-state index contributed by atoms with van der Waals surface area (Å²) in [7, 11) is 0. The maximum atomic E-state index is 11.8. The van der Waals surface area contributed by atoms with E-state index < -0.39 is 17.7 Å². The average Bonchev–Trinajstić information content (AvgIpc) is 2.11. The highest BCUT2D eigenvalue weighted by Crippen LogP contribution is 2.53. The highest BCUT2D eigenvalue weighted by atomic mass is 35.7. The Labute approximate surface area is 102 Å². The van der Waals surface area contributed by atoms with Crippen LogP contribution in [-0.2, 0) is 9.36 Å². The van der Waals surface area contributed by atoms with Gasteiger partial charge >= 0.3 is 0 Å². The second-order valence-corrected chi connectivity index (χ2v) is 8.57. The normalized spacial score (nSPS) is 17.1. The van der Waals surface area contributed by atoms with Crippen LogP contribution < -0.4 is 0 Å². The number of hydrogen-bond donors (Lipinski definition) is 0. The van der Waals surface area contributed by atoms with E-state index in [9.17, 15) is 9.36 Å². The Morgan fingerprint density at radius 1 is 1.33 bits per heavy atom. The summed E-state index contributed by atoms with van der Waals surface area (Å²) in [6.07, 6.45) is 4.95. The van der Waals surface area contributed by atoms with Crippen molar-refractivity contribution in [1.29, 1.82) is 0 Å². The third kappa shape index (κ3) is 8.30. The van der Waals surface area contributed by atoms with E-state index >= 15 is 0 Å². The fourth-order valence-electron chi connectivity index (χ4n) is 1.35. The van der Waals surface area contributed by atoms with Crippen LogP contribution in [0.3, 0.4) is 0 Å². The van der Waals surface area contributed by atoms with Crippen LogP contribution in [0.4, 0.5) is 0 Å². The van der Waals surface area contributed by atoms with Gasteiger partial charge in [-0.1, -0.05) is 44.4 Å². The van der Waals surface area contributed by atoms with Gasteiger partial charge in [-0.15, -0.1) is 0 Å². The van der Waals surface area contributed by atoms with E-state index in [0.29, 0.717) is 6.16 Å². The fraction of sp³-hybridized carbons (Fsp3) is 0.900. The molecule has 0 aliphatic carbocycles. The van der Waals surface area contributed by atoms with Gasteiger partial charge in [0, 0.05) is 18.2 Å². The third-order valence-corrected chi connectivity index (χ3v) is 5.65. The number of halogens is 2. The second kappa shape index (κ2) is 7.70. The molecule has 0 bridgehead atoms. The van der Waals surface area contributed by atoms with E-state index in [1.54, 1.807) is 6.92 Å². The molecule has 90 valence electrons. The van der Waals surface area contributed by atoms with Gasteiger partial charge in [-0.05, 0) is 18.0 Å². The van der Waals surface area contributed by atoms with Crippen LogP contribution in [0.5, 0.6) is 0 Å². The fourth-order valence-corrected chi connectivity index (χ4v) is 4.37. The minimum atomic E-state index is -2.68. The van der Waals surface area contributed by atoms with E-state index in [0.717, 1.165) is 25.7 Å². The Bertz CT molecular complexity index is 244. The molecule has 15 heavy (non-hydrogen) atoms. The van der Waals surface area contributed by atoms with Crippen molar-refractivity contribution in [2.24, 2.45) is 5.92 Å². The molecule has 0 saturated carbocycles. The molecule has 0 amide bonds. The molecule has 0 saturated heterocycles. The first-order valence-corrected chi connectivity index (χ1v) is 8.72. The van der Waals surface area contributed by atoms with E-state index in [4.69, 9.17) is 22.8 Å². The first-order valence-electron chi connectivity index (χ1n) is 5.36. The van der Waals surface area contributed by atoms with E-state index in [2.05, 4.69) is 6.92 Å². The van der Waals surface area contributed by atoms with Gasteiger partial charge in [0.05, 0.1) is 0 Å². The molecule has 0 aromatic carbocycles. The monoisotopic (exact) mass is 272 g/mol. The summed E-state index contributed by atoms with van der Waals surface area (Å²) in [6.45, 7) is 1.11. The van der Waals surface area contributed by atoms with E-state index in [-0.39, 0.29) is 6.16 Å². The van der Waals surface area contributed by atoms with Gasteiger partial charge in [0.25, 0.3) is 0 Å². The summed E-state index contributed by atoms with van der Waals surface area (Å²) >= 11 is 11.2. The molecular formula is C10H19Cl2O2P. The lowest BCUT2D eigenvalue weighted by Gasteiger charge is -2.13. The molecule has 0 spiro atoms. The molecule has 0 rings (SSSR count). The van der Waals surface area contributed by atoms with Crippen LogP contribution in [0.1, 0.15) is 39.5 Å². The van der Waals surface area contributed by atoms with Crippen molar-refractivity contribution >= 4 is 34.6 Å². The van der Waals surface area contributed by atoms with Crippen molar-refractivity contribution in [1.82, 2.24) is 0 Å². The molecule has 0 radical (unpaired) electrons. The maximum absolute atomic E-state index is 11.8. The molecule has 0 aliphatic rings. The molecule has 0 fully saturated rings. The number of unbranched alkanes of at least 4 members (excludes halogenated alkanes) is 3. The summed E-state index contributed by atoms with van der Waals surface area (Å²) < 4.78 is 11.8. The zero-order chi connectivity index (χ0) is 11.9. The lowest BCUT2D eigenvalue weighted by Crippen LogP contribution is -2.09. The van der Waals surface area contributed by atoms with Crippen molar-refractivity contribution in [2.45, 2.75) is 39.5 Å². The lowest BCUT2D eigenvalue weighted by atomic mass is 10.2. The highest BCUT2D eigenvalue weighted by molar-refractivity contribution is 7.89. The number of carbonyl (C=O) groups is 1. The van der Waals surface area contributed by atoms with Crippen LogP contribution in [0.25, 0.3) is 0 Å². The molecular weight excluding hydrogens is 254 g/mol. The van der Waals surface area contributed by atoms with E-state index in [1.165, 1.54) is 0 Å². The summed E-state index contributed by atoms with van der Waals surface area (Å²) in [4.78, 5) is 10.8. The minimum absolute atomic E-state index is 0.225. The molecule has 0 aromatic heterocycles. The summed E-state index contributed by atoms with van der Waals surface area (Å²) in [5, 5.41) is -0.454. The summed E-state index contributed by atoms with van der Waals surface area (Å²) in [5.41, 5.74) is 0. The first kappa shape index (κ1) is 15.5. The van der Waals surface area contributed by atoms with E-state index in [1.807, 2.05) is 0 Å². The van der Waals surface area contributed by atoms with Crippen LogP contribution in [-0.4, -0.2) is 17.6 Å². The minimum Gasteiger partial charge on any atom is -0.307 e. The largest absolute Gasteiger partial charge is 0.307 e. The molecule has 2 atom stereocenters. The summed E-state index contributed by atoms with van der Waals surface area (Å²) in [5.74, 6) is -0.402. The quantitative estimate of drug-likeness (QED) is 0.371. The van der Waals surface area contributed by atoms with Gasteiger partial charge in [0.1, 0.15) is 0 Å². The molecule has 0 aliphatic heterocycles. The third-order valence-electron chi connectivity index (χ3n) is 2.28. The predicted octanol–water partition coefficient (Wildman–Crippen LogP) is 4.49. The average molecular weight is 273 g/mol. The number of hydrogen-bond acceptors (Lipinski definition) is 2. The number of carbonyl (C=O) groups excluding carboxylic acids is 1. The molecule has 0 aromatic rings. The zero-order valence-electron chi connectivity index (χ0n) is 9.34. The smallest absolute Gasteiger partial charge is 0.224 e. The Balaban J connectivity index is 3.86. The molecule has 0 N–H and O–H groups in total. The van der Waals surface area contributed by atoms with Crippen molar-refractivity contribution in [3.05, 3.63) is 0 Å². The molecule has 2 nitrogen and oxygen atoms in total. The second-order valence-electron chi connectivity index (χ2n) is 3.96. The van der Waals surface area contributed by atoms with Crippen LogP contribution in [0.15, 0.2) is 0 Å². The van der Waals surface area contributed by atoms with Crippen molar-refractivity contribution < 1.29 is 9.36 Å². The van der Waals surface area contributed by atoms with Crippen LogP contribution >= 0.6 is 29.3 Å². The van der Waals surface area contributed by atoms with Gasteiger partial charge in [-0.3, -0.25) is 4.79 Å². The van der Waals surface area contributed by atoms with Crippen LogP contribution in [0.2, 0.25) is 0 Å². The Morgan fingerprint density at radius 3 is 2.40 bits per heavy atom. The predicted molar refractivity (Wildman–Crippen MR) is 67.4 cm³/mol. The van der Waals surface area contributed by atoms with Gasteiger partial charge in [0.15, 0.2) is 6.49 Å². The SMILES string of the molecule is CCCCCCP(=O)(Cl)CC(C)C(=O)Cl. The van der Waals surface area contributed by atoms with Crippen molar-refractivity contribution in [3.8, 4) is 0 Å².